The fourth-order valence-corrected chi connectivity index (χ4v) is 2.76. The summed E-state index contributed by atoms with van der Waals surface area (Å²) in [6.45, 7) is 6.98. The van der Waals surface area contributed by atoms with Crippen molar-refractivity contribution < 1.29 is 4.79 Å². The maximum atomic E-state index is 12.5. The van der Waals surface area contributed by atoms with Crippen molar-refractivity contribution >= 4 is 5.91 Å². The summed E-state index contributed by atoms with van der Waals surface area (Å²) in [6.07, 6.45) is 2.81. The molecule has 1 N–H and O–H groups in total. The fraction of sp³-hybridized carbons (Fsp3) is 0.500. The zero-order valence-electron chi connectivity index (χ0n) is 12.8. The second kappa shape index (κ2) is 5.36. The second-order valence-corrected chi connectivity index (χ2v) is 5.80. The van der Waals surface area contributed by atoms with E-state index >= 15 is 0 Å². The predicted molar refractivity (Wildman–Crippen MR) is 78.4 cm³/mol. The molecule has 8 nitrogen and oxygen atoms in total. The lowest BCUT2D eigenvalue weighted by Gasteiger charge is -2.32. The smallest absolute Gasteiger partial charge is 0.279 e. The van der Waals surface area contributed by atoms with Crippen LogP contribution in [0.1, 0.15) is 54.9 Å². The van der Waals surface area contributed by atoms with E-state index in [4.69, 9.17) is 0 Å². The number of amides is 1. The SMILES string of the molecule is CC(C)c1nnc2n1[C@@H](C)CN(C(=O)c1ncc[nH]c1=O)C2. The summed E-state index contributed by atoms with van der Waals surface area (Å²) in [6, 6.07) is 0.0582. The number of carbonyl (C=O) groups is 1. The van der Waals surface area contributed by atoms with Crippen LogP contribution in [-0.4, -0.2) is 42.1 Å². The molecule has 1 atom stereocenters. The van der Waals surface area contributed by atoms with Gasteiger partial charge in [-0.25, -0.2) is 4.98 Å². The molecule has 0 saturated carbocycles. The summed E-state index contributed by atoms with van der Waals surface area (Å²) in [7, 11) is 0. The highest BCUT2D eigenvalue weighted by atomic mass is 16.2. The van der Waals surface area contributed by atoms with Gasteiger partial charge in [0.05, 0.1) is 12.6 Å². The van der Waals surface area contributed by atoms with Crippen molar-refractivity contribution in [2.24, 2.45) is 0 Å². The van der Waals surface area contributed by atoms with Gasteiger partial charge in [0.2, 0.25) is 0 Å². The number of aromatic nitrogens is 5. The molecule has 0 fully saturated rings. The standard InChI is InChI=1S/C14H18N6O2/c1-8(2)12-18-17-10-7-19(6-9(3)20(10)12)14(22)11-13(21)16-5-4-15-11/h4-5,8-9H,6-7H2,1-3H3,(H,16,21)/t9-/m0/s1. The Hall–Kier alpha value is -2.51. The van der Waals surface area contributed by atoms with E-state index in [-0.39, 0.29) is 23.6 Å². The molecule has 1 aliphatic rings. The van der Waals surface area contributed by atoms with Gasteiger partial charge < -0.3 is 14.5 Å². The minimum atomic E-state index is -0.477. The molecule has 1 amide bonds. The van der Waals surface area contributed by atoms with Crippen LogP contribution >= 0.6 is 0 Å². The maximum absolute atomic E-state index is 12.5. The van der Waals surface area contributed by atoms with E-state index in [9.17, 15) is 9.59 Å². The molecule has 22 heavy (non-hydrogen) atoms. The maximum Gasteiger partial charge on any atom is 0.279 e. The van der Waals surface area contributed by atoms with Crippen LogP contribution in [0.25, 0.3) is 0 Å². The van der Waals surface area contributed by atoms with Crippen molar-refractivity contribution in [3.05, 3.63) is 40.1 Å². The lowest BCUT2D eigenvalue weighted by atomic mass is 10.1. The van der Waals surface area contributed by atoms with E-state index in [1.165, 1.54) is 12.4 Å². The van der Waals surface area contributed by atoms with Gasteiger partial charge in [-0.15, -0.1) is 10.2 Å². The van der Waals surface area contributed by atoms with Crippen molar-refractivity contribution in [3.63, 3.8) is 0 Å². The molecular formula is C14H18N6O2. The molecule has 2 aromatic heterocycles. The molecule has 0 unspecified atom stereocenters. The minimum absolute atomic E-state index is 0.0582. The van der Waals surface area contributed by atoms with Gasteiger partial charge in [0.15, 0.2) is 11.5 Å². The summed E-state index contributed by atoms with van der Waals surface area (Å²) < 4.78 is 2.08. The van der Waals surface area contributed by atoms with Gasteiger partial charge in [-0.1, -0.05) is 13.8 Å². The first-order valence-electron chi connectivity index (χ1n) is 7.25. The molecule has 0 aromatic carbocycles. The average Bonchev–Trinajstić information content (AvgIpc) is 2.91. The highest BCUT2D eigenvalue weighted by Crippen LogP contribution is 2.25. The highest BCUT2D eigenvalue weighted by molar-refractivity contribution is 5.91. The van der Waals surface area contributed by atoms with E-state index in [2.05, 4.69) is 38.6 Å². The van der Waals surface area contributed by atoms with Crippen LogP contribution in [0.15, 0.2) is 17.2 Å². The van der Waals surface area contributed by atoms with E-state index < -0.39 is 5.56 Å². The summed E-state index contributed by atoms with van der Waals surface area (Å²) in [4.78, 5) is 32.2. The molecule has 0 aliphatic carbocycles. The number of rotatable bonds is 2. The third-order valence-corrected chi connectivity index (χ3v) is 3.76. The number of nitrogens with zero attached hydrogens (tertiary/aromatic N) is 5. The van der Waals surface area contributed by atoms with E-state index in [0.29, 0.717) is 13.1 Å². The molecule has 2 aromatic rings. The van der Waals surface area contributed by atoms with E-state index in [0.717, 1.165) is 11.6 Å². The van der Waals surface area contributed by atoms with E-state index in [1.54, 1.807) is 4.90 Å². The Bertz CT molecular complexity index is 763. The Morgan fingerprint density at radius 3 is 2.86 bits per heavy atom. The molecule has 3 heterocycles. The second-order valence-electron chi connectivity index (χ2n) is 5.80. The number of H-pyrrole nitrogens is 1. The predicted octanol–water partition coefficient (Wildman–Crippen LogP) is 0.702. The van der Waals surface area contributed by atoms with Crippen LogP contribution in [0.5, 0.6) is 0 Å². The number of nitrogens with one attached hydrogen (secondary N) is 1. The zero-order valence-corrected chi connectivity index (χ0v) is 12.8. The van der Waals surface area contributed by atoms with Crippen molar-refractivity contribution in [1.82, 2.24) is 29.6 Å². The molecule has 0 bridgehead atoms. The van der Waals surface area contributed by atoms with Gasteiger partial charge in [-0.2, -0.15) is 0 Å². The Morgan fingerprint density at radius 1 is 1.41 bits per heavy atom. The first kappa shape index (κ1) is 14.4. The van der Waals surface area contributed by atoms with Crippen LogP contribution < -0.4 is 5.56 Å². The largest absolute Gasteiger partial charge is 0.328 e. The third-order valence-electron chi connectivity index (χ3n) is 3.76. The first-order valence-corrected chi connectivity index (χ1v) is 7.25. The van der Waals surface area contributed by atoms with Crippen LogP contribution in [0.2, 0.25) is 0 Å². The normalized spacial score (nSPS) is 17.6. The Balaban J connectivity index is 1.92. The molecule has 116 valence electrons. The Labute approximate surface area is 127 Å². The van der Waals surface area contributed by atoms with Gasteiger partial charge in [0, 0.05) is 24.9 Å². The average molecular weight is 302 g/mol. The molecule has 0 spiro atoms. The van der Waals surface area contributed by atoms with Gasteiger partial charge in [0.25, 0.3) is 11.5 Å². The number of hydrogen-bond donors (Lipinski definition) is 1. The molecular weight excluding hydrogens is 284 g/mol. The van der Waals surface area contributed by atoms with Crippen LogP contribution in [0.3, 0.4) is 0 Å². The van der Waals surface area contributed by atoms with Crippen molar-refractivity contribution in [2.45, 2.75) is 39.3 Å². The number of carbonyl (C=O) groups excluding carboxylic acids is 1. The molecule has 8 heteroatoms. The minimum Gasteiger partial charge on any atom is -0.328 e. The Morgan fingerprint density at radius 2 is 2.18 bits per heavy atom. The zero-order chi connectivity index (χ0) is 15.9. The lowest BCUT2D eigenvalue weighted by Crippen LogP contribution is -2.43. The van der Waals surface area contributed by atoms with Crippen LogP contribution in [0, 0.1) is 0 Å². The molecule has 0 radical (unpaired) electrons. The van der Waals surface area contributed by atoms with Gasteiger partial charge in [-0.3, -0.25) is 9.59 Å². The van der Waals surface area contributed by atoms with Crippen molar-refractivity contribution in [2.75, 3.05) is 6.54 Å². The quantitative estimate of drug-likeness (QED) is 0.881. The van der Waals surface area contributed by atoms with Crippen LogP contribution in [-0.2, 0) is 6.54 Å². The van der Waals surface area contributed by atoms with Gasteiger partial charge in [-0.05, 0) is 6.92 Å². The fourth-order valence-electron chi connectivity index (χ4n) is 2.76. The van der Waals surface area contributed by atoms with Gasteiger partial charge in [0.1, 0.15) is 5.82 Å². The van der Waals surface area contributed by atoms with Gasteiger partial charge >= 0.3 is 0 Å². The van der Waals surface area contributed by atoms with Crippen molar-refractivity contribution in [3.8, 4) is 0 Å². The summed E-state index contributed by atoms with van der Waals surface area (Å²) in [5.41, 5.74) is -0.568. The monoisotopic (exact) mass is 302 g/mol. The third kappa shape index (κ3) is 2.30. The molecule has 3 rings (SSSR count). The Kier molecular flexibility index (Phi) is 3.51. The molecule has 0 saturated heterocycles. The van der Waals surface area contributed by atoms with Crippen molar-refractivity contribution in [1.29, 1.82) is 0 Å². The topological polar surface area (TPSA) is 96.8 Å². The van der Waals surface area contributed by atoms with Crippen LogP contribution in [0.4, 0.5) is 0 Å². The first-order chi connectivity index (χ1) is 10.5. The summed E-state index contributed by atoms with van der Waals surface area (Å²) in [5.74, 6) is 1.55. The molecule has 1 aliphatic heterocycles. The van der Waals surface area contributed by atoms with E-state index in [1.807, 2.05) is 6.92 Å². The number of hydrogen-bond acceptors (Lipinski definition) is 5. The number of aromatic amines is 1. The lowest BCUT2D eigenvalue weighted by molar-refractivity contribution is 0.0671. The summed E-state index contributed by atoms with van der Waals surface area (Å²) >= 11 is 0. The summed E-state index contributed by atoms with van der Waals surface area (Å²) in [5, 5.41) is 8.41. The number of fused-ring (bicyclic) bond motifs is 1. The highest BCUT2D eigenvalue weighted by Gasteiger charge is 2.31.